The molecule has 0 aromatic carbocycles. The van der Waals surface area contributed by atoms with Gasteiger partial charge in [-0.05, 0) is 30.9 Å². The molecule has 60 valence electrons. The first kappa shape index (κ1) is 9.60. The van der Waals surface area contributed by atoms with Gasteiger partial charge in [0.05, 0.1) is 18.2 Å². The van der Waals surface area contributed by atoms with Crippen LogP contribution in [-0.2, 0) is 0 Å². The Kier molecular flexibility index (Phi) is 3.94. The molecule has 0 unspecified atom stereocenters. The van der Waals surface area contributed by atoms with Crippen molar-refractivity contribution in [2.24, 2.45) is 0 Å². The van der Waals surface area contributed by atoms with Gasteiger partial charge in [-0.3, -0.25) is 0 Å². The van der Waals surface area contributed by atoms with E-state index in [1.165, 1.54) is 0 Å². The Morgan fingerprint density at radius 3 is 3.00 bits per heavy atom. The number of halogens is 2. The van der Waals surface area contributed by atoms with E-state index in [1.807, 2.05) is 6.07 Å². The van der Waals surface area contributed by atoms with E-state index >= 15 is 0 Å². The predicted molar refractivity (Wildman–Crippen MR) is 58.4 cm³/mol. The number of methoxy groups -OCH3 is 1. The highest BCUT2D eigenvalue weighted by molar-refractivity contribution is 14.2. The predicted octanol–water partition coefficient (Wildman–Crippen LogP) is 3.29. The zero-order valence-electron chi connectivity index (χ0n) is 5.67. The molecule has 0 aliphatic heterocycles. The Morgan fingerprint density at radius 2 is 2.45 bits per heavy atom. The van der Waals surface area contributed by atoms with Crippen LogP contribution in [0.3, 0.4) is 0 Å². The average Bonchev–Trinajstić information content (AvgIpc) is 2.04. The summed E-state index contributed by atoms with van der Waals surface area (Å²) in [6.07, 6.45) is 1.70. The molecule has 5 heteroatoms. The summed E-state index contributed by atoms with van der Waals surface area (Å²) in [7, 11) is 3.25. The highest BCUT2D eigenvalue weighted by atomic mass is 127. The quantitative estimate of drug-likeness (QED) is 0.606. The molecule has 0 spiro atoms. The highest BCUT2D eigenvalue weighted by Gasteiger charge is 2.02. The van der Waals surface area contributed by atoms with Crippen molar-refractivity contribution < 1.29 is 4.74 Å². The lowest BCUT2D eigenvalue weighted by Gasteiger charge is -2.03. The molecule has 0 aliphatic carbocycles. The van der Waals surface area contributed by atoms with Gasteiger partial charge in [-0.25, -0.2) is 4.98 Å². The van der Waals surface area contributed by atoms with Crippen LogP contribution in [0, 0.1) is 0 Å². The molecule has 2 nitrogen and oxygen atoms in total. The van der Waals surface area contributed by atoms with E-state index in [-0.39, 0.29) is 0 Å². The van der Waals surface area contributed by atoms with Gasteiger partial charge in [-0.1, -0.05) is 0 Å². The van der Waals surface area contributed by atoms with Gasteiger partial charge in [0, 0.05) is 21.2 Å². The van der Waals surface area contributed by atoms with E-state index in [2.05, 4.69) is 42.1 Å². The molecule has 0 fully saturated rings. The van der Waals surface area contributed by atoms with Gasteiger partial charge in [0.25, 0.3) is 0 Å². The zero-order valence-corrected chi connectivity index (χ0v) is 10.2. The summed E-state index contributed by atoms with van der Waals surface area (Å²) in [5.41, 5.74) is 0. The monoisotopic (exact) mass is 345 g/mol. The van der Waals surface area contributed by atoms with Crippen molar-refractivity contribution in [1.82, 2.24) is 4.98 Å². The maximum Gasteiger partial charge on any atom is 0.151 e. The van der Waals surface area contributed by atoms with Gasteiger partial charge in [0.15, 0.2) is 5.75 Å². The van der Waals surface area contributed by atoms with Crippen molar-refractivity contribution in [2.45, 2.75) is 4.90 Å². The van der Waals surface area contributed by atoms with Gasteiger partial charge >= 0.3 is 0 Å². The zero-order chi connectivity index (χ0) is 8.27. The molecule has 1 aromatic heterocycles. The van der Waals surface area contributed by atoms with Crippen molar-refractivity contribution in [3.8, 4) is 5.75 Å². The molecule has 11 heavy (non-hydrogen) atoms. The van der Waals surface area contributed by atoms with Crippen molar-refractivity contribution in [2.75, 3.05) is 7.11 Å². The second-order valence-corrected chi connectivity index (χ2v) is 4.46. The molecule has 0 N–H and O–H groups in total. The number of hydrogen-bond donors (Lipinski definition) is 0. The van der Waals surface area contributed by atoms with Crippen LogP contribution in [0.4, 0.5) is 0 Å². The maximum absolute atomic E-state index is 5.08. The number of hydrogen-bond acceptors (Lipinski definition) is 3. The third-order valence-corrected chi connectivity index (χ3v) is 3.44. The van der Waals surface area contributed by atoms with E-state index in [4.69, 9.17) is 4.74 Å². The van der Waals surface area contributed by atoms with Gasteiger partial charge in [-0.15, -0.1) is 0 Å². The molecule has 0 atom stereocenters. The Balaban J connectivity index is 3.06. The van der Waals surface area contributed by atoms with Gasteiger partial charge in [0.2, 0.25) is 0 Å². The molecular weight excluding hydrogens is 341 g/mol. The van der Waals surface area contributed by atoms with Crippen molar-refractivity contribution in [1.29, 1.82) is 0 Å². The molecule has 0 saturated carbocycles. The fourth-order valence-electron chi connectivity index (χ4n) is 0.614. The standard InChI is InChI=1S/C6H5BrINOS/c1-10-4-3-9-6(7)2-5(4)11-8/h2-3H,1H3. The van der Waals surface area contributed by atoms with Crippen LogP contribution in [0.1, 0.15) is 0 Å². The maximum atomic E-state index is 5.08. The minimum absolute atomic E-state index is 0.813. The summed E-state index contributed by atoms with van der Waals surface area (Å²) < 4.78 is 5.91. The molecule has 1 rings (SSSR count). The first-order valence-electron chi connectivity index (χ1n) is 2.76. The van der Waals surface area contributed by atoms with E-state index in [9.17, 15) is 0 Å². The minimum atomic E-state index is 0.813. The third kappa shape index (κ3) is 2.48. The summed E-state index contributed by atoms with van der Waals surface area (Å²) >= 11 is 5.49. The molecule has 1 aromatic rings. The molecule has 0 saturated heterocycles. The Hall–Kier alpha value is 0.510. The number of ether oxygens (including phenoxy) is 1. The van der Waals surface area contributed by atoms with E-state index in [0.717, 1.165) is 15.2 Å². The van der Waals surface area contributed by atoms with Gasteiger partial charge < -0.3 is 4.74 Å². The SMILES string of the molecule is COc1cnc(Br)cc1SI. The number of nitrogens with zero attached hydrogens (tertiary/aromatic N) is 1. The van der Waals surface area contributed by atoms with Crippen LogP contribution >= 0.6 is 46.1 Å². The minimum Gasteiger partial charge on any atom is -0.494 e. The summed E-state index contributed by atoms with van der Waals surface area (Å²) in [6, 6.07) is 1.93. The van der Waals surface area contributed by atoms with E-state index in [1.54, 1.807) is 22.2 Å². The first-order valence-corrected chi connectivity index (χ1v) is 6.91. The van der Waals surface area contributed by atoms with Crippen LogP contribution in [0.25, 0.3) is 0 Å². The summed E-state index contributed by atoms with van der Waals surface area (Å²) in [6.45, 7) is 0. The highest BCUT2D eigenvalue weighted by Crippen LogP contribution is 2.34. The van der Waals surface area contributed by atoms with Crippen LogP contribution in [0.5, 0.6) is 5.75 Å². The second-order valence-electron chi connectivity index (χ2n) is 1.74. The first-order chi connectivity index (χ1) is 5.27. The molecule has 0 aliphatic rings. The summed E-state index contributed by atoms with van der Waals surface area (Å²) in [5.74, 6) is 0.813. The van der Waals surface area contributed by atoms with Crippen LogP contribution in [0.2, 0.25) is 0 Å². The van der Waals surface area contributed by atoms with Crippen molar-refractivity contribution in [3.63, 3.8) is 0 Å². The van der Waals surface area contributed by atoms with Crippen LogP contribution < -0.4 is 4.74 Å². The number of rotatable bonds is 2. The van der Waals surface area contributed by atoms with Crippen molar-refractivity contribution >= 4 is 46.1 Å². The average molecular weight is 346 g/mol. The lowest BCUT2D eigenvalue weighted by molar-refractivity contribution is 0.402. The largest absolute Gasteiger partial charge is 0.494 e. The topological polar surface area (TPSA) is 22.1 Å². The molecule has 0 amide bonds. The molecule has 0 radical (unpaired) electrons. The van der Waals surface area contributed by atoms with E-state index < -0.39 is 0 Å². The number of aromatic nitrogens is 1. The van der Waals surface area contributed by atoms with Crippen LogP contribution in [0.15, 0.2) is 21.8 Å². The summed E-state index contributed by atoms with van der Waals surface area (Å²) in [4.78, 5) is 5.11. The summed E-state index contributed by atoms with van der Waals surface area (Å²) in [5, 5.41) is 0. The van der Waals surface area contributed by atoms with Gasteiger partial charge in [-0.2, -0.15) is 0 Å². The van der Waals surface area contributed by atoms with Crippen molar-refractivity contribution in [3.05, 3.63) is 16.9 Å². The third-order valence-electron chi connectivity index (χ3n) is 1.10. The fourth-order valence-corrected chi connectivity index (χ4v) is 2.50. The Labute approximate surface area is 89.8 Å². The Bertz CT molecular complexity index is 258. The fraction of sp³-hybridized carbons (Fsp3) is 0.167. The lowest BCUT2D eigenvalue weighted by atomic mass is 10.5. The lowest BCUT2D eigenvalue weighted by Crippen LogP contribution is -1.86. The normalized spacial score (nSPS) is 9.73. The Morgan fingerprint density at radius 1 is 1.73 bits per heavy atom. The van der Waals surface area contributed by atoms with Crippen LogP contribution in [-0.4, -0.2) is 12.1 Å². The molecule has 1 heterocycles. The molecular formula is C6H5BrINOS. The van der Waals surface area contributed by atoms with E-state index in [0.29, 0.717) is 0 Å². The smallest absolute Gasteiger partial charge is 0.151 e. The second kappa shape index (κ2) is 4.51. The number of pyridine rings is 1. The molecule has 0 bridgehead atoms. The van der Waals surface area contributed by atoms with Gasteiger partial charge in [0.1, 0.15) is 4.60 Å².